The fourth-order valence-corrected chi connectivity index (χ4v) is 2.89. The van der Waals surface area contributed by atoms with Crippen LogP contribution in [-0.4, -0.2) is 21.3 Å². The molecule has 0 aromatic carbocycles. The van der Waals surface area contributed by atoms with E-state index in [0.29, 0.717) is 12.6 Å². The number of aryl methyl sites for hydroxylation is 1. The zero-order valence-corrected chi connectivity index (χ0v) is 11.3. The van der Waals surface area contributed by atoms with Gasteiger partial charge in [-0.05, 0) is 36.9 Å². The SMILES string of the molecule is CCNC1CCCCc2cn(Cc3ncon3)cc21. The molecular formula is C14H20N4O. The summed E-state index contributed by atoms with van der Waals surface area (Å²) in [5, 5.41) is 7.46. The standard InChI is InChI=1S/C14H20N4O/c1-2-15-13-6-4-3-5-11-7-18(8-12(11)13)9-14-16-10-19-17-14/h7-8,10,13,15H,2-6,9H2,1H3. The Kier molecular flexibility index (Phi) is 3.64. The smallest absolute Gasteiger partial charge is 0.213 e. The van der Waals surface area contributed by atoms with Gasteiger partial charge in [-0.3, -0.25) is 0 Å². The van der Waals surface area contributed by atoms with Crippen molar-refractivity contribution in [3.63, 3.8) is 0 Å². The van der Waals surface area contributed by atoms with Crippen molar-refractivity contribution in [3.05, 3.63) is 35.7 Å². The van der Waals surface area contributed by atoms with Crippen molar-refractivity contribution in [1.82, 2.24) is 20.0 Å². The highest BCUT2D eigenvalue weighted by Crippen LogP contribution is 2.29. The van der Waals surface area contributed by atoms with Crippen LogP contribution in [0.5, 0.6) is 0 Å². The molecule has 0 saturated heterocycles. The monoisotopic (exact) mass is 260 g/mol. The fraction of sp³-hybridized carbons (Fsp3) is 0.571. The Bertz CT molecular complexity index is 518. The van der Waals surface area contributed by atoms with Gasteiger partial charge in [0.15, 0.2) is 5.82 Å². The number of nitrogens with zero attached hydrogens (tertiary/aromatic N) is 3. The summed E-state index contributed by atoms with van der Waals surface area (Å²) in [6.45, 7) is 3.86. The molecular weight excluding hydrogens is 240 g/mol. The van der Waals surface area contributed by atoms with Gasteiger partial charge in [-0.25, -0.2) is 0 Å². The molecule has 1 atom stereocenters. The summed E-state index contributed by atoms with van der Waals surface area (Å²) < 4.78 is 6.95. The van der Waals surface area contributed by atoms with Gasteiger partial charge in [0.2, 0.25) is 6.39 Å². The summed E-state index contributed by atoms with van der Waals surface area (Å²) >= 11 is 0. The van der Waals surface area contributed by atoms with Crippen molar-refractivity contribution in [2.75, 3.05) is 6.54 Å². The third kappa shape index (κ3) is 2.71. The Morgan fingerprint density at radius 2 is 2.37 bits per heavy atom. The minimum absolute atomic E-state index is 0.494. The van der Waals surface area contributed by atoms with E-state index in [4.69, 9.17) is 4.52 Å². The Hall–Kier alpha value is -1.62. The van der Waals surface area contributed by atoms with E-state index in [1.807, 2.05) is 0 Å². The van der Waals surface area contributed by atoms with Crippen molar-refractivity contribution >= 4 is 0 Å². The van der Waals surface area contributed by atoms with Crippen LogP contribution < -0.4 is 5.32 Å². The maximum absolute atomic E-state index is 4.78. The van der Waals surface area contributed by atoms with E-state index in [1.54, 1.807) is 0 Å². The van der Waals surface area contributed by atoms with Gasteiger partial charge >= 0.3 is 0 Å². The third-order valence-corrected chi connectivity index (χ3v) is 3.74. The van der Waals surface area contributed by atoms with Gasteiger partial charge in [-0.1, -0.05) is 18.5 Å². The molecule has 0 bridgehead atoms. The number of aromatic nitrogens is 3. The van der Waals surface area contributed by atoms with Crippen molar-refractivity contribution in [1.29, 1.82) is 0 Å². The predicted molar refractivity (Wildman–Crippen MR) is 71.8 cm³/mol. The molecule has 0 saturated carbocycles. The van der Waals surface area contributed by atoms with Crippen molar-refractivity contribution < 1.29 is 4.52 Å². The molecule has 1 N–H and O–H groups in total. The minimum Gasteiger partial charge on any atom is -0.346 e. The Morgan fingerprint density at radius 1 is 1.42 bits per heavy atom. The van der Waals surface area contributed by atoms with Crippen molar-refractivity contribution in [3.8, 4) is 0 Å². The molecule has 3 rings (SSSR count). The Balaban J connectivity index is 1.83. The second-order valence-electron chi connectivity index (χ2n) is 5.11. The van der Waals surface area contributed by atoms with Crippen molar-refractivity contribution in [2.45, 2.75) is 45.2 Å². The van der Waals surface area contributed by atoms with E-state index >= 15 is 0 Å². The average molecular weight is 260 g/mol. The third-order valence-electron chi connectivity index (χ3n) is 3.74. The lowest BCUT2D eigenvalue weighted by atomic mass is 10.0. The van der Waals surface area contributed by atoms with Gasteiger partial charge in [0.1, 0.15) is 0 Å². The van der Waals surface area contributed by atoms with Crippen LogP contribution in [0, 0.1) is 0 Å². The molecule has 102 valence electrons. The van der Waals surface area contributed by atoms with E-state index in [0.717, 1.165) is 12.4 Å². The molecule has 2 aromatic heterocycles. The number of hydrogen-bond donors (Lipinski definition) is 1. The fourth-order valence-electron chi connectivity index (χ4n) is 2.89. The van der Waals surface area contributed by atoms with Crippen LogP contribution >= 0.6 is 0 Å². The first kappa shape index (κ1) is 12.4. The van der Waals surface area contributed by atoms with Crippen LogP contribution in [0.25, 0.3) is 0 Å². The van der Waals surface area contributed by atoms with E-state index in [1.165, 1.54) is 43.2 Å². The molecule has 1 aliphatic rings. The van der Waals surface area contributed by atoms with Gasteiger partial charge in [0, 0.05) is 18.4 Å². The lowest BCUT2D eigenvalue weighted by Gasteiger charge is -2.15. The first-order chi connectivity index (χ1) is 9.36. The topological polar surface area (TPSA) is 55.9 Å². The van der Waals surface area contributed by atoms with E-state index in [2.05, 4.69) is 39.3 Å². The molecule has 0 radical (unpaired) electrons. The number of fused-ring (bicyclic) bond motifs is 1. The number of nitrogens with one attached hydrogen (secondary N) is 1. The highest BCUT2D eigenvalue weighted by molar-refractivity contribution is 5.29. The van der Waals surface area contributed by atoms with Crippen LogP contribution in [0.1, 0.15) is 49.2 Å². The molecule has 2 aromatic rings. The van der Waals surface area contributed by atoms with E-state index < -0.39 is 0 Å². The van der Waals surface area contributed by atoms with Gasteiger partial charge in [-0.2, -0.15) is 4.98 Å². The van der Waals surface area contributed by atoms with Gasteiger partial charge in [0.25, 0.3) is 0 Å². The van der Waals surface area contributed by atoms with Gasteiger partial charge in [0.05, 0.1) is 6.54 Å². The van der Waals surface area contributed by atoms with Crippen molar-refractivity contribution in [2.24, 2.45) is 0 Å². The number of rotatable bonds is 4. The maximum atomic E-state index is 4.78. The molecule has 0 aliphatic heterocycles. The Labute approximate surface area is 113 Å². The highest BCUT2D eigenvalue weighted by Gasteiger charge is 2.20. The molecule has 5 heteroatoms. The summed E-state index contributed by atoms with van der Waals surface area (Å²) in [4.78, 5) is 4.08. The number of hydrogen-bond acceptors (Lipinski definition) is 4. The summed E-state index contributed by atoms with van der Waals surface area (Å²) in [7, 11) is 0. The zero-order chi connectivity index (χ0) is 13.1. The zero-order valence-electron chi connectivity index (χ0n) is 11.3. The van der Waals surface area contributed by atoms with Crippen LogP contribution in [0.15, 0.2) is 23.3 Å². The highest BCUT2D eigenvalue weighted by atomic mass is 16.5. The van der Waals surface area contributed by atoms with Crippen LogP contribution in [0.4, 0.5) is 0 Å². The summed E-state index contributed by atoms with van der Waals surface area (Å²) in [6.07, 6.45) is 10.8. The van der Waals surface area contributed by atoms with E-state index in [-0.39, 0.29) is 0 Å². The van der Waals surface area contributed by atoms with Gasteiger partial charge in [-0.15, -0.1) is 0 Å². The summed E-state index contributed by atoms with van der Waals surface area (Å²) in [6, 6.07) is 0.494. The first-order valence-electron chi connectivity index (χ1n) is 7.04. The molecule has 0 spiro atoms. The molecule has 2 heterocycles. The molecule has 0 amide bonds. The molecule has 5 nitrogen and oxygen atoms in total. The first-order valence-corrected chi connectivity index (χ1v) is 7.04. The lowest BCUT2D eigenvalue weighted by molar-refractivity contribution is 0.408. The second-order valence-corrected chi connectivity index (χ2v) is 5.11. The largest absolute Gasteiger partial charge is 0.346 e. The van der Waals surface area contributed by atoms with Gasteiger partial charge < -0.3 is 14.4 Å². The molecule has 1 unspecified atom stereocenters. The quantitative estimate of drug-likeness (QED) is 0.857. The van der Waals surface area contributed by atoms with Crippen LogP contribution in [0.2, 0.25) is 0 Å². The predicted octanol–water partition coefficient (Wildman–Crippen LogP) is 2.30. The summed E-state index contributed by atoms with van der Waals surface area (Å²) in [5.41, 5.74) is 2.91. The molecule has 19 heavy (non-hydrogen) atoms. The van der Waals surface area contributed by atoms with Crippen LogP contribution in [0.3, 0.4) is 0 Å². The lowest BCUT2D eigenvalue weighted by Crippen LogP contribution is -2.20. The minimum atomic E-state index is 0.494. The maximum Gasteiger partial charge on any atom is 0.213 e. The molecule has 1 aliphatic carbocycles. The normalized spacial score (nSPS) is 19.1. The second kappa shape index (κ2) is 5.57. The molecule has 0 fully saturated rings. The van der Waals surface area contributed by atoms with E-state index in [9.17, 15) is 0 Å². The van der Waals surface area contributed by atoms with Crippen LogP contribution in [-0.2, 0) is 13.0 Å². The summed E-state index contributed by atoms with van der Waals surface area (Å²) in [5.74, 6) is 0.727. The Morgan fingerprint density at radius 3 is 3.16 bits per heavy atom. The average Bonchev–Trinajstić information content (AvgIpc) is 3.00.